The number of para-hydroxylation sites is 1. The molecule has 2 aromatic heterocycles. The van der Waals surface area contributed by atoms with Gasteiger partial charge >= 0.3 is 0 Å². The first kappa shape index (κ1) is 18.4. The molecule has 6 heteroatoms. The molecule has 150 valence electrons. The van der Waals surface area contributed by atoms with Crippen LogP contribution in [0.1, 0.15) is 52.5 Å². The molecule has 0 atom stereocenters. The van der Waals surface area contributed by atoms with E-state index in [1.807, 2.05) is 17.0 Å². The number of aromatic amines is 1. The molecule has 2 N–H and O–H groups in total. The summed E-state index contributed by atoms with van der Waals surface area (Å²) in [4.78, 5) is 31.0. The van der Waals surface area contributed by atoms with E-state index in [4.69, 9.17) is 0 Å². The maximum Gasteiger partial charge on any atom is 0.263 e. The van der Waals surface area contributed by atoms with Gasteiger partial charge in [-0.1, -0.05) is 18.2 Å². The first-order valence-electron chi connectivity index (χ1n) is 10.4. The molecule has 1 aliphatic carbocycles. The summed E-state index contributed by atoms with van der Waals surface area (Å²) in [5.41, 5.74) is 3.84. The summed E-state index contributed by atoms with van der Waals surface area (Å²) in [6, 6.07) is 12.2. The SMILES string of the molecule is Cc1[nH]c2ccccc2c1C1CCN(C(=O)c2ccc(NC(=O)C3CC3)s2)CC1. The van der Waals surface area contributed by atoms with Crippen molar-refractivity contribution in [1.29, 1.82) is 0 Å². The number of likely N-dealkylation sites (tertiary alicyclic amines) is 1. The lowest BCUT2D eigenvalue weighted by Gasteiger charge is -2.32. The number of thiophene rings is 1. The third-order valence-corrected chi connectivity index (χ3v) is 7.13. The van der Waals surface area contributed by atoms with E-state index in [1.165, 1.54) is 33.5 Å². The Balaban J connectivity index is 1.24. The highest BCUT2D eigenvalue weighted by Gasteiger charge is 2.31. The third kappa shape index (κ3) is 3.57. The second kappa shape index (κ2) is 7.34. The van der Waals surface area contributed by atoms with Crippen LogP contribution in [-0.4, -0.2) is 34.8 Å². The molecule has 2 amide bonds. The van der Waals surface area contributed by atoms with Gasteiger partial charge in [0.25, 0.3) is 5.91 Å². The number of aromatic nitrogens is 1. The number of hydrogen-bond donors (Lipinski definition) is 2. The van der Waals surface area contributed by atoms with E-state index in [9.17, 15) is 9.59 Å². The van der Waals surface area contributed by atoms with E-state index in [1.54, 1.807) is 0 Å². The molecular formula is C23H25N3O2S. The summed E-state index contributed by atoms with van der Waals surface area (Å²) in [6.07, 6.45) is 3.91. The molecule has 3 heterocycles. The smallest absolute Gasteiger partial charge is 0.263 e. The molecule has 2 aliphatic rings. The van der Waals surface area contributed by atoms with E-state index < -0.39 is 0 Å². The largest absolute Gasteiger partial charge is 0.358 e. The van der Waals surface area contributed by atoms with Crippen molar-refractivity contribution < 1.29 is 9.59 Å². The first-order valence-corrected chi connectivity index (χ1v) is 11.2. The minimum atomic E-state index is 0.0796. The number of nitrogens with one attached hydrogen (secondary N) is 2. The molecule has 0 bridgehead atoms. The van der Waals surface area contributed by atoms with E-state index >= 15 is 0 Å². The van der Waals surface area contributed by atoms with Crippen molar-refractivity contribution in [2.45, 2.75) is 38.5 Å². The highest BCUT2D eigenvalue weighted by atomic mass is 32.1. The standard InChI is InChI=1S/C23H25N3O2S/c1-14-21(17-4-2-3-5-18(17)24-14)15-10-12-26(13-11-15)23(28)19-8-9-20(29-19)25-22(27)16-6-7-16/h2-5,8-9,15-16,24H,6-7,10-13H2,1H3,(H,25,27). The average Bonchev–Trinajstić information content (AvgIpc) is 3.40. The molecule has 29 heavy (non-hydrogen) atoms. The number of rotatable bonds is 4. The van der Waals surface area contributed by atoms with Crippen LogP contribution in [-0.2, 0) is 4.79 Å². The van der Waals surface area contributed by atoms with Gasteiger partial charge in [-0.05, 0) is 62.3 Å². The Labute approximate surface area is 174 Å². The number of carbonyl (C=O) groups excluding carboxylic acids is 2. The molecule has 3 aromatic rings. The Morgan fingerprint density at radius 1 is 1.07 bits per heavy atom. The van der Waals surface area contributed by atoms with Gasteiger partial charge in [0.2, 0.25) is 5.91 Å². The van der Waals surface area contributed by atoms with Gasteiger partial charge < -0.3 is 15.2 Å². The van der Waals surface area contributed by atoms with Crippen LogP contribution in [0, 0.1) is 12.8 Å². The summed E-state index contributed by atoms with van der Waals surface area (Å²) in [5, 5.41) is 5.02. The summed E-state index contributed by atoms with van der Waals surface area (Å²) in [7, 11) is 0. The molecule has 5 nitrogen and oxygen atoms in total. The lowest BCUT2D eigenvalue weighted by molar-refractivity contribution is -0.117. The zero-order valence-electron chi connectivity index (χ0n) is 16.5. The van der Waals surface area contributed by atoms with E-state index in [-0.39, 0.29) is 17.7 Å². The Morgan fingerprint density at radius 2 is 1.83 bits per heavy atom. The lowest BCUT2D eigenvalue weighted by Crippen LogP contribution is -2.37. The van der Waals surface area contributed by atoms with E-state index in [0.29, 0.717) is 10.8 Å². The fourth-order valence-electron chi connectivity index (χ4n) is 4.44. The second-order valence-electron chi connectivity index (χ2n) is 8.20. The number of nitrogens with zero attached hydrogens (tertiary/aromatic N) is 1. The molecule has 0 spiro atoms. The van der Waals surface area contributed by atoms with Crippen LogP contribution in [0.3, 0.4) is 0 Å². The summed E-state index contributed by atoms with van der Waals surface area (Å²) in [5.74, 6) is 0.812. The molecule has 1 aliphatic heterocycles. The minimum Gasteiger partial charge on any atom is -0.358 e. The van der Waals surface area contributed by atoms with Crippen LogP contribution in [0.4, 0.5) is 5.00 Å². The van der Waals surface area contributed by atoms with E-state index in [0.717, 1.165) is 43.8 Å². The number of piperidine rings is 1. The topological polar surface area (TPSA) is 65.2 Å². The average molecular weight is 408 g/mol. The highest BCUT2D eigenvalue weighted by Crippen LogP contribution is 2.36. The monoisotopic (exact) mass is 407 g/mol. The molecular weight excluding hydrogens is 382 g/mol. The number of benzene rings is 1. The third-order valence-electron chi connectivity index (χ3n) is 6.15. The van der Waals surface area contributed by atoms with Gasteiger partial charge in [-0.3, -0.25) is 9.59 Å². The predicted octanol–water partition coefficient (Wildman–Crippen LogP) is 4.91. The van der Waals surface area contributed by atoms with Crippen molar-refractivity contribution in [2.24, 2.45) is 5.92 Å². The quantitative estimate of drug-likeness (QED) is 0.646. The van der Waals surface area contributed by atoms with Gasteiger partial charge in [0.15, 0.2) is 0 Å². The number of hydrogen-bond acceptors (Lipinski definition) is 3. The van der Waals surface area contributed by atoms with Crippen molar-refractivity contribution in [3.63, 3.8) is 0 Å². The van der Waals surface area contributed by atoms with Crippen molar-refractivity contribution >= 4 is 39.1 Å². The molecule has 1 aromatic carbocycles. The van der Waals surface area contributed by atoms with Crippen molar-refractivity contribution in [2.75, 3.05) is 18.4 Å². The van der Waals surface area contributed by atoms with Crippen LogP contribution in [0.25, 0.3) is 10.9 Å². The zero-order valence-corrected chi connectivity index (χ0v) is 17.3. The van der Waals surface area contributed by atoms with E-state index in [2.05, 4.69) is 41.5 Å². The normalized spacial score (nSPS) is 17.6. The summed E-state index contributed by atoms with van der Waals surface area (Å²) in [6.45, 7) is 3.68. The Bertz CT molecular complexity index is 1070. The molecule has 1 saturated heterocycles. The Kier molecular flexibility index (Phi) is 4.66. The van der Waals surface area contributed by atoms with Gasteiger partial charge in [-0.2, -0.15) is 0 Å². The number of H-pyrrole nitrogens is 1. The van der Waals surface area contributed by atoms with Gasteiger partial charge in [0.1, 0.15) is 0 Å². The van der Waals surface area contributed by atoms with Gasteiger partial charge in [0, 0.05) is 35.6 Å². The van der Waals surface area contributed by atoms with Crippen LogP contribution in [0.15, 0.2) is 36.4 Å². The molecule has 5 rings (SSSR count). The summed E-state index contributed by atoms with van der Waals surface area (Å²) >= 11 is 1.38. The number of amides is 2. The Hall–Kier alpha value is -2.60. The summed E-state index contributed by atoms with van der Waals surface area (Å²) < 4.78 is 0. The van der Waals surface area contributed by atoms with Crippen molar-refractivity contribution in [3.05, 3.63) is 52.5 Å². The second-order valence-corrected chi connectivity index (χ2v) is 9.29. The van der Waals surface area contributed by atoms with Crippen LogP contribution >= 0.6 is 11.3 Å². The van der Waals surface area contributed by atoms with Crippen LogP contribution in [0.2, 0.25) is 0 Å². The molecule has 0 unspecified atom stereocenters. The minimum absolute atomic E-state index is 0.0796. The Morgan fingerprint density at radius 3 is 2.59 bits per heavy atom. The van der Waals surface area contributed by atoms with Crippen LogP contribution < -0.4 is 5.32 Å². The fourth-order valence-corrected chi connectivity index (χ4v) is 5.32. The molecule has 1 saturated carbocycles. The zero-order chi connectivity index (χ0) is 20.0. The number of anilines is 1. The van der Waals surface area contributed by atoms with Crippen LogP contribution in [0.5, 0.6) is 0 Å². The maximum atomic E-state index is 12.9. The van der Waals surface area contributed by atoms with Crippen molar-refractivity contribution in [3.8, 4) is 0 Å². The fraction of sp³-hybridized carbons (Fsp3) is 0.391. The number of fused-ring (bicyclic) bond motifs is 1. The van der Waals surface area contributed by atoms with Crippen molar-refractivity contribution in [1.82, 2.24) is 9.88 Å². The molecule has 2 fully saturated rings. The highest BCUT2D eigenvalue weighted by molar-refractivity contribution is 7.18. The van der Waals surface area contributed by atoms with Gasteiger partial charge in [0.05, 0.1) is 9.88 Å². The van der Waals surface area contributed by atoms with Gasteiger partial charge in [-0.15, -0.1) is 11.3 Å². The van der Waals surface area contributed by atoms with Gasteiger partial charge in [-0.25, -0.2) is 0 Å². The number of carbonyl (C=O) groups is 2. The predicted molar refractivity (Wildman–Crippen MR) is 117 cm³/mol. The number of aryl methyl sites for hydroxylation is 1. The lowest BCUT2D eigenvalue weighted by atomic mass is 9.87. The maximum absolute atomic E-state index is 12.9. The molecule has 0 radical (unpaired) electrons. The first-order chi connectivity index (χ1) is 14.1.